The number of nitrogens with one attached hydrogen (secondary N) is 1. The van der Waals surface area contributed by atoms with Crippen molar-refractivity contribution in [3.8, 4) is 23.1 Å². The average molecular weight is 431 g/mol. The number of nitriles is 1. The molecular formula is C20H22FN5O5. The summed E-state index contributed by atoms with van der Waals surface area (Å²) in [6.07, 6.45) is 0.823. The second-order valence-corrected chi connectivity index (χ2v) is 6.57. The quantitative estimate of drug-likeness (QED) is 0.414. The van der Waals surface area contributed by atoms with Crippen molar-refractivity contribution in [3.05, 3.63) is 40.6 Å². The molecule has 11 heteroatoms. The first-order valence-corrected chi connectivity index (χ1v) is 9.72. The molecule has 1 aromatic heterocycles. The van der Waals surface area contributed by atoms with E-state index in [9.17, 15) is 9.59 Å². The van der Waals surface area contributed by atoms with Crippen LogP contribution in [0.2, 0.25) is 0 Å². The van der Waals surface area contributed by atoms with Crippen LogP contribution in [0.5, 0.6) is 5.75 Å². The normalized spacial score (nSPS) is 13.3. The summed E-state index contributed by atoms with van der Waals surface area (Å²) >= 11 is 0. The summed E-state index contributed by atoms with van der Waals surface area (Å²) in [7, 11) is 0. The number of aliphatic hydroxyl groups excluding tert-OH is 1. The van der Waals surface area contributed by atoms with Gasteiger partial charge in [-0.2, -0.15) is 14.6 Å². The molecule has 0 radical (unpaired) electrons. The Balaban J connectivity index is 1.89. The van der Waals surface area contributed by atoms with E-state index >= 15 is 4.39 Å². The van der Waals surface area contributed by atoms with Gasteiger partial charge in [0, 0.05) is 18.5 Å². The lowest BCUT2D eigenvalue weighted by atomic mass is 10.1. The van der Waals surface area contributed by atoms with Gasteiger partial charge in [0.25, 0.3) is 0 Å². The molecule has 10 nitrogen and oxygen atoms in total. The molecule has 3 rings (SSSR count). The summed E-state index contributed by atoms with van der Waals surface area (Å²) < 4.78 is 26.5. The Hall–Kier alpha value is -3.49. The number of hydrogen-bond acceptors (Lipinski definition) is 8. The monoisotopic (exact) mass is 431 g/mol. The van der Waals surface area contributed by atoms with Gasteiger partial charge in [0.05, 0.1) is 25.9 Å². The molecule has 31 heavy (non-hydrogen) atoms. The van der Waals surface area contributed by atoms with E-state index in [1.165, 1.54) is 0 Å². The van der Waals surface area contributed by atoms with Crippen molar-refractivity contribution in [1.82, 2.24) is 9.66 Å². The third-order valence-electron chi connectivity index (χ3n) is 4.52. The van der Waals surface area contributed by atoms with Crippen LogP contribution >= 0.6 is 0 Å². The molecule has 0 bridgehead atoms. The highest BCUT2D eigenvalue weighted by atomic mass is 19.1. The number of amides is 1. The van der Waals surface area contributed by atoms with Crippen LogP contribution in [-0.4, -0.2) is 60.2 Å². The summed E-state index contributed by atoms with van der Waals surface area (Å²) in [6.45, 7) is 0.754. The van der Waals surface area contributed by atoms with Crippen molar-refractivity contribution in [2.24, 2.45) is 0 Å². The SMILES string of the molecule is N#CCNn1c(-c2ccc(OCCOCCO)cc2)c(F)nc(N2CCCC2=O)c1=O. The van der Waals surface area contributed by atoms with Crippen LogP contribution in [0, 0.1) is 17.3 Å². The van der Waals surface area contributed by atoms with Gasteiger partial charge < -0.3 is 20.0 Å². The van der Waals surface area contributed by atoms with Crippen LogP contribution in [0.4, 0.5) is 10.2 Å². The summed E-state index contributed by atoms with van der Waals surface area (Å²) in [4.78, 5) is 29.9. The summed E-state index contributed by atoms with van der Waals surface area (Å²) in [5.41, 5.74) is 2.03. The maximum Gasteiger partial charge on any atom is 0.312 e. The van der Waals surface area contributed by atoms with Gasteiger partial charge in [-0.25, -0.2) is 4.68 Å². The first kappa shape index (κ1) is 22.2. The first-order valence-electron chi connectivity index (χ1n) is 9.72. The van der Waals surface area contributed by atoms with E-state index < -0.39 is 11.5 Å². The fraction of sp³-hybridized carbons (Fsp3) is 0.400. The Labute approximate surface area is 177 Å². The topological polar surface area (TPSA) is 130 Å². The molecule has 0 saturated carbocycles. The smallest absolute Gasteiger partial charge is 0.312 e. The summed E-state index contributed by atoms with van der Waals surface area (Å²) in [6, 6.07) is 8.14. The minimum absolute atomic E-state index is 0.0689. The maximum atomic E-state index is 15.0. The Morgan fingerprint density at radius 3 is 2.65 bits per heavy atom. The van der Waals surface area contributed by atoms with E-state index in [-0.39, 0.29) is 56.7 Å². The molecule has 1 fully saturated rings. The van der Waals surface area contributed by atoms with E-state index in [2.05, 4.69) is 10.4 Å². The number of aliphatic hydroxyl groups is 1. The molecule has 1 saturated heterocycles. The van der Waals surface area contributed by atoms with Crippen molar-refractivity contribution in [1.29, 1.82) is 5.26 Å². The highest BCUT2D eigenvalue weighted by Crippen LogP contribution is 2.25. The zero-order valence-corrected chi connectivity index (χ0v) is 16.7. The number of aromatic nitrogens is 2. The minimum Gasteiger partial charge on any atom is -0.491 e. The summed E-state index contributed by atoms with van der Waals surface area (Å²) in [5, 5.41) is 17.6. The lowest BCUT2D eigenvalue weighted by Gasteiger charge is -2.19. The Kier molecular flexibility index (Phi) is 7.53. The fourth-order valence-corrected chi connectivity index (χ4v) is 3.14. The number of anilines is 1. The van der Waals surface area contributed by atoms with Gasteiger partial charge in [-0.3, -0.25) is 14.5 Å². The molecule has 2 aromatic rings. The van der Waals surface area contributed by atoms with E-state index in [0.29, 0.717) is 24.3 Å². The van der Waals surface area contributed by atoms with Crippen LogP contribution < -0.4 is 20.6 Å². The largest absolute Gasteiger partial charge is 0.491 e. The minimum atomic E-state index is -0.953. The van der Waals surface area contributed by atoms with Gasteiger partial charge >= 0.3 is 5.56 Å². The van der Waals surface area contributed by atoms with Crippen LogP contribution in [0.1, 0.15) is 12.8 Å². The number of hydrogen-bond donors (Lipinski definition) is 2. The van der Waals surface area contributed by atoms with Crippen molar-refractivity contribution in [3.63, 3.8) is 0 Å². The maximum absolute atomic E-state index is 15.0. The molecule has 0 atom stereocenters. The zero-order chi connectivity index (χ0) is 22.2. The standard InChI is InChI=1S/C20H22FN5O5/c21-18-17(14-3-5-15(6-4-14)31-13-12-30-11-10-27)26(23-8-7-22)20(29)19(24-18)25-9-1-2-16(25)28/h3-6,23,27H,1-2,8-13H2. The molecule has 0 aliphatic carbocycles. The number of rotatable bonds is 10. The number of benzene rings is 1. The van der Waals surface area contributed by atoms with E-state index in [1.54, 1.807) is 24.3 Å². The molecule has 2 heterocycles. The van der Waals surface area contributed by atoms with Gasteiger partial charge in [0.1, 0.15) is 24.6 Å². The summed E-state index contributed by atoms with van der Waals surface area (Å²) in [5.74, 6) is -1.06. The second-order valence-electron chi connectivity index (χ2n) is 6.57. The lowest BCUT2D eigenvalue weighted by molar-refractivity contribution is -0.117. The van der Waals surface area contributed by atoms with E-state index in [1.807, 2.05) is 6.07 Å². The average Bonchev–Trinajstić information content (AvgIpc) is 3.20. The molecular weight excluding hydrogens is 409 g/mol. The second kappa shape index (κ2) is 10.5. The predicted molar refractivity (Wildman–Crippen MR) is 109 cm³/mol. The fourth-order valence-electron chi connectivity index (χ4n) is 3.14. The predicted octanol–water partition coefficient (Wildman–Crippen LogP) is 0.631. The number of halogens is 1. The van der Waals surface area contributed by atoms with Crippen LogP contribution in [0.15, 0.2) is 29.1 Å². The molecule has 0 spiro atoms. The van der Waals surface area contributed by atoms with Crippen molar-refractivity contribution < 1.29 is 23.8 Å². The first-order chi connectivity index (χ1) is 15.1. The Bertz CT molecular complexity index is 1020. The van der Waals surface area contributed by atoms with E-state index in [0.717, 1.165) is 9.58 Å². The van der Waals surface area contributed by atoms with Gasteiger partial charge in [-0.05, 0) is 30.7 Å². The number of ether oxygens (including phenoxy) is 2. The molecule has 0 unspecified atom stereocenters. The molecule has 164 valence electrons. The van der Waals surface area contributed by atoms with Gasteiger partial charge in [0.2, 0.25) is 17.7 Å². The Morgan fingerprint density at radius 2 is 2.00 bits per heavy atom. The number of carbonyl (C=O) groups excluding carboxylic acids is 1. The van der Waals surface area contributed by atoms with Crippen molar-refractivity contribution in [2.75, 3.05) is 49.8 Å². The molecule has 1 aromatic carbocycles. The molecule has 1 amide bonds. The zero-order valence-electron chi connectivity index (χ0n) is 16.7. The third kappa shape index (κ3) is 5.17. The molecule has 2 N–H and O–H groups in total. The van der Waals surface area contributed by atoms with Gasteiger partial charge in [0.15, 0.2) is 0 Å². The van der Waals surface area contributed by atoms with Crippen LogP contribution in [-0.2, 0) is 9.53 Å². The highest BCUT2D eigenvalue weighted by molar-refractivity contribution is 5.94. The van der Waals surface area contributed by atoms with E-state index in [4.69, 9.17) is 19.8 Å². The van der Waals surface area contributed by atoms with Gasteiger partial charge in [-0.1, -0.05) is 0 Å². The van der Waals surface area contributed by atoms with Crippen molar-refractivity contribution in [2.45, 2.75) is 12.8 Å². The van der Waals surface area contributed by atoms with Crippen molar-refractivity contribution >= 4 is 11.7 Å². The van der Waals surface area contributed by atoms with Crippen LogP contribution in [0.3, 0.4) is 0 Å². The highest BCUT2D eigenvalue weighted by Gasteiger charge is 2.28. The van der Waals surface area contributed by atoms with Crippen LogP contribution in [0.25, 0.3) is 11.3 Å². The Morgan fingerprint density at radius 1 is 1.23 bits per heavy atom. The molecule has 1 aliphatic heterocycles. The lowest BCUT2D eigenvalue weighted by Crippen LogP contribution is -2.39. The number of nitrogens with zero attached hydrogens (tertiary/aromatic N) is 4. The number of carbonyl (C=O) groups is 1. The van der Waals surface area contributed by atoms with Gasteiger partial charge in [-0.15, -0.1) is 0 Å². The third-order valence-corrected chi connectivity index (χ3v) is 4.52. The molecule has 1 aliphatic rings.